The van der Waals surface area contributed by atoms with Crippen molar-refractivity contribution in [3.8, 4) is 17.2 Å². The van der Waals surface area contributed by atoms with Crippen molar-refractivity contribution in [3.63, 3.8) is 0 Å². The number of hydrogen-bond acceptors (Lipinski definition) is 5. The van der Waals surface area contributed by atoms with Crippen LogP contribution in [0.4, 0.5) is 10.5 Å². The van der Waals surface area contributed by atoms with Crippen molar-refractivity contribution in [3.05, 3.63) is 47.5 Å². The van der Waals surface area contributed by atoms with Crippen LogP contribution in [0.5, 0.6) is 17.2 Å². The van der Waals surface area contributed by atoms with Gasteiger partial charge in [-0.15, -0.1) is 0 Å². The number of amides is 2. The highest BCUT2D eigenvalue weighted by atomic mass is 32.2. The van der Waals surface area contributed by atoms with E-state index in [2.05, 4.69) is 36.5 Å². The Morgan fingerprint density at radius 2 is 1.76 bits per heavy atom. The fraction of sp³-hybridized carbons (Fsp3) is 0.409. The smallest absolute Gasteiger partial charge is 0.321 e. The number of hydrogen-bond donors (Lipinski definition) is 1. The van der Waals surface area contributed by atoms with E-state index in [4.69, 9.17) is 14.2 Å². The first-order chi connectivity index (χ1) is 14.1. The molecule has 1 unspecified atom stereocenters. The first kappa shape index (κ1) is 21.2. The van der Waals surface area contributed by atoms with Crippen LogP contribution in [0.2, 0.25) is 0 Å². The number of thioether (sulfide) groups is 1. The number of nitrogens with zero attached hydrogens (tertiary/aromatic N) is 1. The summed E-state index contributed by atoms with van der Waals surface area (Å²) in [6.45, 7) is 3.57. The maximum Gasteiger partial charge on any atom is 0.321 e. The van der Waals surface area contributed by atoms with Gasteiger partial charge in [-0.2, -0.15) is 11.8 Å². The first-order valence-corrected chi connectivity index (χ1v) is 10.6. The Morgan fingerprint density at radius 3 is 2.38 bits per heavy atom. The lowest BCUT2D eigenvalue weighted by Crippen LogP contribution is -2.36. The highest BCUT2D eigenvalue weighted by Gasteiger charge is 2.23. The molecule has 0 saturated carbocycles. The molecule has 3 rings (SSSR count). The van der Waals surface area contributed by atoms with Crippen LogP contribution in [0.3, 0.4) is 0 Å². The zero-order valence-electron chi connectivity index (χ0n) is 17.4. The van der Waals surface area contributed by atoms with Crippen molar-refractivity contribution >= 4 is 23.5 Å². The summed E-state index contributed by atoms with van der Waals surface area (Å²) in [7, 11) is 4.67. The van der Waals surface area contributed by atoms with E-state index in [1.165, 1.54) is 11.1 Å². The van der Waals surface area contributed by atoms with Gasteiger partial charge in [-0.25, -0.2) is 4.79 Å². The normalized spacial score (nSPS) is 16.7. The van der Waals surface area contributed by atoms with Crippen molar-refractivity contribution in [1.82, 2.24) is 4.90 Å². The Bertz CT molecular complexity index is 833. The number of anilines is 1. The molecule has 0 aliphatic carbocycles. The largest absolute Gasteiger partial charge is 0.493 e. The molecule has 2 amide bonds. The van der Waals surface area contributed by atoms with Crippen LogP contribution < -0.4 is 19.5 Å². The molecule has 2 aromatic rings. The lowest BCUT2D eigenvalue weighted by molar-refractivity contribution is 0.215. The molecule has 1 saturated heterocycles. The van der Waals surface area contributed by atoms with Gasteiger partial charge in [0.05, 0.1) is 27.0 Å². The minimum absolute atomic E-state index is 0.120. The second-order valence-electron chi connectivity index (χ2n) is 6.84. The molecule has 1 fully saturated rings. The number of aryl methyl sites for hydroxylation is 1. The van der Waals surface area contributed by atoms with E-state index < -0.39 is 0 Å². The molecule has 0 radical (unpaired) electrons. The van der Waals surface area contributed by atoms with Gasteiger partial charge in [0.2, 0.25) is 5.75 Å². The molecule has 2 aromatic carbocycles. The second kappa shape index (κ2) is 9.78. The lowest BCUT2D eigenvalue weighted by atomic mass is 10.0. The van der Waals surface area contributed by atoms with Crippen LogP contribution in [-0.2, 0) is 0 Å². The molecule has 29 heavy (non-hydrogen) atoms. The second-order valence-corrected chi connectivity index (χ2v) is 8.15. The van der Waals surface area contributed by atoms with Gasteiger partial charge in [0.1, 0.15) is 0 Å². The van der Waals surface area contributed by atoms with Gasteiger partial charge in [0.15, 0.2) is 11.5 Å². The molecule has 0 spiro atoms. The summed E-state index contributed by atoms with van der Waals surface area (Å²) in [4.78, 5) is 14.7. The molecule has 1 N–H and O–H groups in total. The summed E-state index contributed by atoms with van der Waals surface area (Å²) in [6.07, 6.45) is 0.929. The summed E-state index contributed by atoms with van der Waals surface area (Å²) < 4.78 is 16.1. The SMILES string of the molecule is COc1cc(NC(=O)N2CCSC(c3ccccc3C)CC2)cc(OC)c1OC. The van der Waals surface area contributed by atoms with Gasteiger partial charge < -0.3 is 24.4 Å². The molecule has 1 atom stereocenters. The van der Waals surface area contributed by atoms with Gasteiger partial charge in [-0.05, 0) is 24.5 Å². The number of carbonyl (C=O) groups excluding carboxylic acids is 1. The third-order valence-corrected chi connectivity index (χ3v) is 6.39. The van der Waals surface area contributed by atoms with Gasteiger partial charge in [-0.3, -0.25) is 0 Å². The number of carbonyl (C=O) groups is 1. The summed E-state index contributed by atoms with van der Waals surface area (Å²) in [5, 5.41) is 3.38. The van der Waals surface area contributed by atoms with Crippen LogP contribution in [0.15, 0.2) is 36.4 Å². The number of benzene rings is 2. The summed E-state index contributed by atoms with van der Waals surface area (Å²) in [6, 6.07) is 11.9. The molecule has 6 nitrogen and oxygen atoms in total. The van der Waals surface area contributed by atoms with Crippen LogP contribution in [-0.4, -0.2) is 51.1 Å². The van der Waals surface area contributed by atoms with Crippen molar-refractivity contribution in [2.24, 2.45) is 0 Å². The third kappa shape index (κ3) is 4.90. The van der Waals surface area contributed by atoms with Gasteiger partial charge >= 0.3 is 6.03 Å². The van der Waals surface area contributed by atoms with Gasteiger partial charge in [-0.1, -0.05) is 24.3 Å². The van der Waals surface area contributed by atoms with E-state index in [-0.39, 0.29) is 6.03 Å². The van der Waals surface area contributed by atoms with E-state index in [0.717, 1.165) is 12.2 Å². The Labute approximate surface area is 176 Å². The number of urea groups is 1. The van der Waals surface area contributed by atoms with E-state index in [1.807, 2.05) is 16.7 Å². The molecular weight excluding hydrogens is 388 g/mol. The predicted molar refractivity (Wildman–Crippen MR) is 118 cm³/mol. The molecule has 1 aliphatic rings. The zero-order chi connectivity index (χ0) is 20.8. The minimum Gasteiger partial charge on any atom is -0.493 e. The number of rotatable bonds is 5. The van der Waals surface area contributed by atoms with Crippen molar-refractivity contribution in [1.29, 1.82) is 0 Å². The van der Waals surface area contributed by atoms with E-state index in [9.17, 15) is 4.79 Å². The van der Waals surface area contributed by atoms with Crippen molar-refractivity contribution < 1.29 is 19.0 Å². The Kier molecular flexibility index (Phi) is 7.14. The maximum atomic E-state index is 12.9. The third-order valence-electron chi connectivity index (χ3n) is 5.08. The average Bonchev–Trinajstić information content (AvgIpc) is 2.99. The lowest BCUT2D eigenvalue weighted by Gasteiger charge is -2.22. The number of ether oxygens (including phenoxy) is 3. The molecule has 0 bridgehead atoms. The van der Waals surface area contributed by atoms with E-state index >= 15 is 0 Å². The maximum absolute atomic E-state index is 12.9. The monoisotopic (exact) mass is 416 g/mol. The highest BCUT2D eigenvalue weighted by molar-refractivity contribution is 7.99. The van der Waals surface area contributed by atoms with Crippen LogP contribution >= 0.6 is 11.8 Å². The van der Waals surface area contributed by atoms with Crippen LogP contribution in [0, 0.1) is 6.92 Å². The molecule has 1 aliphatic heterocycles. The fourth-order valence-electron chi connectivity index (χ4n) is 3.53. The standard InChI is InChI=1S/C22H28N2O4S/c1-15-7-5-6-8-17(15)20-9-10-24(11-12-29-20)22(25)23-16-13-18(26-2)21(28-4)19(14-16)27-3/h5-8,13-14,20H,9-12H2,1-4H3,(H,23,25). The molecule has 156 valence electrons. The molecular formula is C22H28N2O4S. The molecule has 7 heteroatoms. The van der Waals surface area contributed by atoms with Gasteiger partial charge in [0, 0.05) is 36.2 Å². The Hall–Kier alpha value is -2.54. The van der Waals surface area contributed by atoms with Crippen molar-refractivity contribution in [2.45, 2.75) is 18.6 Å². The highest BCUT2D eigenvalue weighted by Crippen LogP contribution is 2.40. The van der Waals surface area contributed by atoms with E-state index in [0.29, 0.717) is 41.3 Å². The van der Waals surface area contributed by atoms with E-state index in [1.54, 1.807) is 33.5 Å². The number of methoxy groups -OCH3 is 3. The Balaban J connectivity index is 1.69. The molecule has 1 heterocycles. The van der Waals surface area contributed by atoms with Crippen LogP contribution in [0.1, 0.15) is 22.8 Å². The summed E-state index contributed by atoms with van der Waals surface area (Å²) in [5.41, 5.74) is 3.28. The zero-order valence-corrected chi connectivity index (χ0v) is 18.2. The topological polar surface area (TPSA) is 60.0 Å². The minimum atomic E-state index is -0.120. The molecule has 0 aromatic heterocycles. The summed E-state index contributed by atoms with van der Waals surface area (Å²) >= 11 is 1.92. The number of nitrogens with one attached hydrogen (secondary N) is 1. The quantitative estimate of drug-likeness (QED) is 0.763. The fourth-order valence-corrected chi connectivity index (χ4v) is 4.85. The average molecular weight is 417 g/mol. The van der Waals surface area contributed by atoms with Crippen molar-refractivity contribution in [2.75, 3.05) is 45.5 Å². The van der Waals surface area contributed by atoms with Gasteiger partial charge in [0.25, 0.3) is 0 Å². The predicted octanol–water partition coefficient (Wildman–Crippen LogP) is 4.73. The Morgan fingerprint density at radius 1 is 1.07 bits per heavy atom. The first-order valence-electron chi connectivity index (χ1n) is 9.60. The summed E-state index contributed by atoms with van der Waals surface area (Å²) in [5.74, 6) is 2.42. The van der Waals surface area contributed by atoms with Crippen LogP contribution in [0.25, 0.3) is 0 Å².